The second-order valence-corrected chi connectivity index (χ2v) is 10.7. The van der Waals surface area contributed by atoms with E-state index in [0.717, 1.165) is 16.7 Å². The molecule has 2 aromatic carbocycles. The third-order valence-corrected chi connectivity index (χ3v) is 7.44. The van der Waals surface area contributed by atoms with Crippen LogP contribution < -0.4 is 14.5 Å². The highest BCUT2D eigenvalue weighted by Gasteiger charge is 2.36. The molecule has 1 amide bonds. The Morgan fingerprint density at radius 2 is 1.95 bits per heavy atom. The molecule has 1 aliphatic rings. The highest BCUT2D eigenvalue weighted by atomic mass is 35.5. The summed E-state index contributed by atoms with van der Waals surface area (Å²) in [6.45, 7) is 2.54. The number of hydrogen-bond donors (Lipinski definition) is 2. The van der Waals surface area contributed by atoms with Gasteiger partial charge in [0.25, 0.3) is 0 Å². The van der Waals surface area contributed by atoms with E-state index in [0.29, 0.717) is 30.0 Å². The number of aryl methyl sites for hydroxylation is 1. The molecule has 208 valence electrons. The number of β-amino-alcohol motifs (C(OH)–C–C–N with tert-alkyl or cyclic N) is 1. The molecule has 3 aromatic rings. The molecule has 0 bridgehead atoms. The molecule has 0 spiro atoms. The molecule has 2 atom stereocenters. The van der Waals surface area contributed by atoms with Crippen molar-refractivity contribution in [2.24, 2.45) is 0 Å². The topological polar surface area (TPSA) is 86.1 Å². The van der Waals surface area contributed by atoms with Crippen LogP contribution in [0.2, 0.25) is 5.02 Å². The van der Waals surface area contributed by atoms with Crippen LogP contribution in [-0.2, 0) is 10.2 Å². The number of benzene rings is 2. The number of likely N-dealkylation sites (N-methyl/N-ethyl adjacent to an activating group) is 1. The molecule has 2 N–H and O–H groups in total. The smallest absolute Gasteiger partial charge is 0.387 e. The molecule has 0 saturated carbocycles. The first-order chi connectivity index (χ1) is 18.4. The van der Waals surface area contributed by atoms with Crippen LogP contribution in [0.25, 0.3) is 11.1 Å². The normalized spacial score (nSPS) is 17.5. The third kappa shape index (κ3) is 6.00. The van der Waals surface area contributed by atoms with Crippen molar-refractivity contribution >= 4 is 29.0 Å². The summed E-state index contributed by atoms with van der Waals surface area (Å²) >= 11 is 6.18. The number of aliphatic hydroxyl groups is 2. The fourth-order valence-electron chi connectivity index (χ4n) is 5.04. The quantitative estimate of drug-likeness (QED) is 0.395. The molecule has 0 unspecified atom stereocenters. The Morgan fingerprint density at radius 3 is 2.62 bits per heavy atom. The molecule has 1 fully saturated rings. The molecule has 0 radical (unpaired) electrons. The van der Waals surface area contributed by atoms with E-state index in [2.05, 4.69) is 9.72 Å². The van der Waals surface area contributed by atoms with Crippen molar-refractivity contribution in [3.05, 3.63) is 70.9 Å². The number of carbonyl (C=O) groups is 1. The first-order valence-electron chi connectivity index (χ1n) is 12.6. The number of aromatic nitrogens is 1. The number of halogens is 3. The van der Waals surface area contributed by atoms with Crippen LogP contribution in [0, 0.1) is 6.92 Å². The lowest BCUT2D eigenvalue weighted by Gasteiger charge is -2.32. The largest absolute Gasteiger partial charge is 0.435 e. The lowest BCUT2D eigenvalue weighted by molar-refractivity contribution is -0.122. The number of hydrogen-bond acceptors (Lipinski definition) is 6. The monoisotopic (exact) mass is 559 g/mol. The number of rotatable bonds is 8. The number of amides is 1. The van der Waals surface area contributed by atoms with Crippen molar-refractivity contribution in [3.8, 4) is 16.9 Å². The molecule has 4 rings (SSSR count). The summed E-state index contributed by atoms with van der Waals surface area (Å²) < 4.78 is 30.3. The van der Waals surface area contributed by atoms with Crippen molar-refractivity contribution < 1.29 is 28.5 Å². The summed E-state index contributed by atoms with van der Waals surface area (Å²) in [5.74, 6) is 0.132. The minimum Gasteiger partial charge on any atom is -0.435 e. The van der Waals surface area contributed by atoms with Gasteiger partial charge in [-0.1, -0.05) is 35.9 Å². The van der Waals surface area contributed by atoms with E-state index in [4.69, 9.17) is 11.6 Å². The van der Waals surface area contributed by atoms with Crippen LogP contribution in [0.4, 0.5) is 20.3 Å². The van der Waals surface area contributed by atoms with Crippen molar-refractivity contribution in [2.45, 2.75) is 51.4 Å². The molecular formula is C29H32ClF2N3O4. The second-order valence-electron chi connectivity index (χ2n) is 10.3. The van der Waals surface area contributed by atoms with Gasteiger partial charge >= 0.3 is 6.61 Å². The first kappa shape index (κ1) is 28.7. The predicted octanol–water partition coefficient (Wildman–Crippen LogP) is 5.18. The van der Waals surface area contributed by atoms with Gasteiger partial charge in [0.1, 0.15) is 11.6 Å². The maximum Gasteiger partial charge on any atom is 0.387 e. The van der Waals surface area contributed by atoms with Gasteiger partial charge in [-0.3, -0.25) is 4.79 Å². The Kier molecular flexibility index (Phi) is 8.44. The van der Waals surface area contributed by atoms with Gasteiger partial charge in [0.15, 0.2) is 0 Å². The van der Waals surface area contributed by atoms with Crippen molar-refractivity contribution in [1.29, 1.82) is 0 Å². The fourth-order valence-corrected chi connectivity index (χ4v) is 5.27. The zero-order valence-electron chi connectivity index (χ0n) is 22.2. The Bertz CT molecular complexity index is 1350. The molecule has 7 nitrogen and oxygen atoms in total. The molecule has 1 aromatic heterocycles. The van der Waals surface area contributed by atoms with Gasteiger partial charge in [0.05, 0.1) is 36.1 Å². The number of pyridine rings is 1. The van der Waals surface area contributed by atoms with Crippen LogP contribution in [0.5, 0.6) is 5.75 Å². The van der Waals surface area contributed by atoms with Gasteiger partial charge in [-0.25, -0.2) is 4.98 Å². The van der Waals surface area contributed by atoms with Crippen molar-refractivity contribution in [1.82, 2.24) is 4.98 Å². The predicted molar refractivity (Wildman–Crippen MR) is 148 cm³/mol. The van der Waals surface area contributed by atoms with Crippen LogP contribution in [0.15, 0.2) is 54.7 Å². The van der Waals surface area contributed by atoms with E-state index < -0.39 is 18.1 Å². The Morgan fingerprint density at radius 1 is 1.23 bits per heavy atom. The van der Waals surface area contributed by atoms with Gasteiger partial charge in [-0.15, -0.1) is 0 Å². The maximum atomic E-state index is 14.0. The van der Waals surface area contributed by atoms with Gasteiger partial charge in [0, 0.05) is 24.2 Å². The minimum absolute atomic E-state index is 0.121. The van der Waals surface area contributed by atoms with Crippen molar-refractivity contribution in [3.63, 3.8) is 0 Å². The second kappa shape index (κ2) is 11.5. The molecule has 10 heteroatoms. The Labute approximate surface area is 231 Å². The number of alkyl halides is 2. The summed E-state index contributed by atoms with van der Waals surface area (Å²) in [4.78, 5) is 21.9. The maximum absolute atomic E-state index is 14.0. The summed E-state index contributed by atoms with van der Waals surface area (Å²) in [5.41, 5.74) is 2.42. The molecule has 1 aliphatic heterocycles. The molecule has 2 heterocycles. The Hall–Kier alpha value is -3.27. The van der Waals surface area contributed by atoms with Crippen LogP contribution in [-0.4, -0.2) is 60.1 Å². The summed E-state index contributed by atoms with van der Waals surface area (Å²) in [7, 11) is 1.64. The summed E-state index contributed by atoms with van der Waals surface area (Å²) in [5, 5.41) is 20.2. The SMILES string of the molecule is Cc1ccccc1-c1cc(N2C[C@H](O)C[C@H]2CO)ncc1N(C)C(=O)C(C)(C)c1cc(Cl)cc(OC(F)F)c1. The molecular weight excluding hydrogens is 528 g/mol. The minimum atomic E-state index is -3.03. The summed E-state index contributed by atoms with van der Waals surface area (Å²) in [6, 6.07) is 13.6. The Balaban J connectivity index is 1.77. The summed E-state index contributed by atoms with van der Waals surface area (Å²) in [6.07, 6.45) is 1.46. The van der Waals surface area contributed by atoms with E-state index in [9.17, 15) is 23.8 Å². The zero-order chi connectivity index (χ0) is 28.5. The van der Waals surface area contributed by atoms with Gasteiger partial charge in [-0.2, -0.15) is 8.78 Å². The highest BCUT2D eigenvalue weighted by Crippen LogP contribution is 2.39. The lowest BCUT2D eigenvalue weighted by atomic mass is 9.83. The van der Waals surface area contributed by atoms with Crippen LogP contribution in [0.1, 0.15) is 31.4 Å². The molecule has 0 aliphatic carbocycles. The highest BCUT2D eigenvalue weighted by molar-refractivity contribution is 6.30. The van der Waals surface area contributed by atoms with E-state index in [1.807, 2.05) is 42.2 Å². The third-order valence-electron chi connectivity index (χ3n) is 7.22. The van der Waals surface area contributed by atoms with E-state index >= 15 is 0 Å². The average Bonchev–Trinajstić information content (AvgIpc) is 3.27. The van der Waals surface area contributed by atoms with Gasteiger partial charge in [-0.05, 0) is 68.1 Å². The number of aliphatic hydroxyl groups excluding tert-OH is 2. The fraction of sp³-hybridized carbons (Fsp3) is 0.379. The molecule has 1 saturated heterocycles. The lowest BCUT2D eigenvalue weighted by Crippen LogP contribution is -2.42. The van der Waals surface area contributed by atoms with Crippen molar-refractivity contribution in [2.75, 3.05) is 30.0 Å². The van der Waals surface area contributed by atoms with Crippen LogP contribution in [0.3, 0.4) is 0 Å². The van der Waals surface area contributed by atoms with Crippen LogP contribution >= 0.6 is 11.6 Å². The zero-order valence-corrected chi connectivity index (χ0v) is 23.0. The van der Waals surface area contributed by atoms with Gasteiger partial charge < -0.3 is 24.7 Å². The van der Waals surface area contributed by atoms with E-state index in [-0.39, 0.29) is 29.3 Å². The van der Waals surface area contributed by atoms with E-state index in [1.54, 1.807) is 33.2 Å². The number of anilines is 2. The standard InChI is InChI=1S/C29H32ClF2N3O4/c1-17-7-5-6-8-23(17)24-13-26(35-15-21(37)12-20(35)16-36)33-14-25(24)34(4)27(38)29(2,3)18-9-19(30)11-22(10-18)39-28(31)32/h5-11,13-14,20-21,28,36-37H,12,15-16H2,1-4H3/t20-,21+/m0/s1. The number of nitrogens with zero attached hydrogens (tertiary/aromatic N) is 3. The van der Waals surface area contributed by atoms with Gasteiger partial charge in [0.2, 0.25) is 5.91 Å². The number of ether oxygens (including phenoxy) is 1. The average molecular weight is 560 g/mol. The molecule has 39 heavy (non-hydrogen) atoms. The van der Waals surface area contributed by atoms with E-state index in [1.165, 1.54) is 17.0 Å². The first-order valence-corrected chi connectivity index (χ1v) is 13.0. The number of carbonyl (C=O) groups excluding carboxylic acids is 1.